The Kier molecular flexibility index (Phi) is 4.93. The first-order chi connectivity index (χ1) is 14.7. The quantitative estimate of drug-likeness (QED) is 0.724. The van der Waals surface area contributed by atoms with Crippen LogP contribution in [0.2, 0.25) is 0 Å². The van der Waals surface area contributed by atoms with Gasteiger partial charge < -0.3 is 19.5 Å². The summed E-state index contributed by atoms with van der Waals surface area (Å²) < 4.78 is 10.6. The Morgan fingerprint density at radius 3 is 2.63 bits per heavy atom. The van der Waals surface area contributed by atoms with E-state index in [1.807, 2.05) is 29.2 Å². The van der Waals surface area contributed by atoms with E-state index in [0.29, 0.717) is 19.6 Å². The Labute approximate surface area is 175 Å². The van der Waals surface area contributed by atoms with Gasteiger partial charge in [-0.3, -0.25) is 4.79 Å². The minimum Gasteiger partial charge on any atom is -0.497 e. The summed E-state index contributed by atoms with van der Waals surface area (Å²) in [5, 5.41) is 12.7. The van der Waals surface area contributed by atoms with Crippen molar-refractivity contribution in [3.05, 3.63) is 76.9 Å². The highest BCUT2D eigenvalue weighted by molar-refractivity contribution is 6.05. The normalized spacial score (nSPS) is 21.1. The molecule has 0 aliphatic carbocycles. The Morgan fingerprint density at radius 1 is 1.13 bits per heavy atom. The molecule has 1 amide bonds. The average Bonchev–Trinajstić information content (AvgIpc) is 3.11. The van der Waals surface area contributed by atoms with E-state index >= 15 is 0 Å². The van der Waals surface area contributed by atoms with Crippen LogP contribution in [0.4, 0.5) is 0 Å². The summed E-state index contributed by atoms with van der Waals surface area (Å²) in [6, 6.07) is 18.2. The van der Waals surface area contributed by atoms with Gasteiger partial charge in [-0.25, -0.2) is 0 Å². The van der Waals surface area contributed by atoms with Crippen LogP contribution in [0.25, 0.3) is 10.8 Å². The van der Waals surface area contributed by atoms with Crippen LogP contribution in [-0.2, 0) is 17.7 Å². The second kappa shape index (κ2) is 7.74. The number of carbonyl (C=O) groups excluding carboxylic acids is 1. The number of methoxy groups -OCH3 is 1. The summed E-state index contributed by atoms with van der Waals surface area (Å²) in [7, 11) is 1.66. The van der Waals surface area contributed by atoms with Crippen LogP contribution in [0.1, 0.15) is 33.5 Å². The predicted molar refractivity (Wildman–Crippen MR) is 115 cm³/mol. The lowest BCUT2D eigenvalue weighted by Crippen LogP contribution is -2.49. The Balaban J connectivity index is 1.54. The summed E-state index contributed by atoms with van der Waals surface area (Å²) in [4.78, 5) is 15.2. The maximum Gasteiger partial charge on any atom is 0.254 e. The van der Waals surface area contributed by atoms with E-state index in [4.69, 9.17) is 9.47 Å². The number of aliphatic hydroxyl groups excluding tert-OH is 1. The van der Waals surface area contributed by atoms with Crippen molar-refractivity contribution in [1.29, 1.82) is 0 Å². The number of aliphatic hydroxyl groups is 1. The number of hydrogen-bond donors (Lipinski definition) is 1. The van der Waals surface area contributed by atoms with E-state index in [1.165, 1.54) is 10.9 Å². The minimum atomic E-state index is -0.637. The molecule has 5 rings (SSSR count). The fraction of sp³-hybridized carbons (Fsp3) is 0.320. The molecule has 2 aliphatic heterocycles. The van der Waals surface area contributed by atoms with E-state index in [0.717, 1.165) is 34.2 Å². The smallest absolute Gasteiger partial charge is 0.254 e. The fourth-order valence-electron chi connectivity index (χ4n) is 4.72. The molecule has 5 heteroatoms. The van der Waals surface area contributed by atoms with Crippen molar-refractivity contribution >= 4 is 16.7 Å². The van der Waals surface area contributed by atoms with Gasteiger partial charge in [-0.05, 0) is 58.5 Å². The zero-order chi connectivity index (χ0) is 20.7. The van der Waals surface area contributed by atoms with E-state index < -0.39 is 6.10 Å². The molecular weight excluding hydrogens is 378 g/mol. The molecule has 0 radical (unpaired) electrons. The molecule has 154 valence electrons. The maximum atomic E-state index is 13.3. The standard InChI is InChI=1S/C25H25NO4/c1-29-18-8-6-16(7-9-18)12-17-13-21-22(20-5-3-2-4-19(17)20)14-26(25(21)28)23-10-11-30-15-24(23)27/h2-9,13,23-24,27H,10-12,14-15H2,1H3. The van der Waals surface area contributed by atoms with Crippen LogP contribution < -0.4 is 4.74 Å². The highest BCUT2D eigenvalue weighted by Gasteiger charge is 2.38. The first kappa shape index (κ1) is 19.1. The van der Waals surface area contributed by atoms with Gasteiger partial charge in [0.1, 0.15) is 5.75 Å². The van der Waals surface area contributed by atoms with Gasteiger partial charge in [-0.2, -0.15) is 0 Å². The molecule has 0 saturated carbocycles. The number of ether oxygens (including phenoxy) is 2. The third-order valence-corrected chi connectivity index (χ3v) is 6.31. The van der Waals surface area contributed by atoms with Crippen LogP contribution in [0.5, 0.6) is 5.75 Å². The average molecular weight is 403 g/mol. The SMILES string of the molecule is COc1ccc(Cc2cc3c(c4ccccc24)CN(C2CCOCC2O)C3=O)cc1. The van der Waals surface area contributed by atoms with Crippen LogP contribution >= 0.6 is 0 Å². The Bertz CT molecular complexity index is 1090. The van der Waals surface area contributed by atoms with Crippen LogP contribution in [0.15, 0.2) is 54.6 Å². The van der Waals surface area contributed by atoms with Crippen molar-refractivity contribution in [2.75, 3.05) is 20.3 Å². The van der Waals surface area contributed by atoms with Gasteiger partial charge in [0.05, 0.1) is 25.9 Å². The number of amides is 1. The van der Waals surface area contributed by atoms with Gasteiger partial charge >= 0.3 is 0 Å². The first-order valence-corrected chi connectivity index (χ1v) is 10.4. The number of carbonyl (C=O) groups is 1. The Morgan fingerprint density at radius 2 is 1.90 bits per heavy atom. The van der Waals surface area contributed by atoms with E-state index in [1.54, 1.807) is 7.11 Å². The van der Waals surface area contributed by atoms with Gasteiger partial charge in [0.15, 0.2) is 0 Å². The number of benzene rings is 3. The van der Waals surface area contributed by atoms with E-state index in [9.17, 15) is 9.90 Å². The lowest BCUT2D eigenvalue weighted by atomic mass is 9.92. The van der Waals surface area contributed by atoms with Crippen molar-refractivity contribution in [2.45, 2.75) is 31.5 Å². The summed E-state index contributed by atoms with van der Waals surface area (Å²) in [6.07, 6.45) is 0.768. The van der Waals surface area contributed by atoms with Gasteiger partial charge in [-0.1, -0.05) is 36.4 Å². The maximum absolute atomic E-state index is 13.3. The number of hydrogen-bond acceptors (Lipinski definition) is 4. The summed E-state index contributed by atoms with van der Waals surface area (Å²) >= 11 is 0. The van der Waals surface area contributed by atoms with Crippen molar-refractivity contribution < 1.29 is 19.4 Å². The highest BCUT2D eigenvalue weighted by atomic mass is 16.5. The predicted octanol–water partition coefficient (Wildman–Crippen LogP) is 3.54. The number of fused-ring (bicyclic) bond motifs is 3. The Hall–Kier alpha value is -2.89. The molecule has 0 bridgehead atoms. The first-order valence-electron chi connectivity index (χ1n) is 10.4. The van der Waals surface area contributed by atoms with Gasteiger partial charge in [0.25, 0.3) is 5.91 Å². The third-order valence-electron chi connectivity index (χ3n) is 6.31. The summed E-state index contributed by atoms with van der Waals surface area (Å²) in [5.74, 6) is 0.844. The van der Waals surface area contributed by atoms with E-state index in [2.05, 4.69) is 30.3 Å². The fourth-order valence-corrected chi connectivity index (χ4v) is 4.72. The molecule has 30 heavy (non-hydrogen) atoms. The van der Waals surface area contributed by atoms with Gasteiger partial charge in [0.2, 0.25) is 0 Å². The largest absolute Gasteiger partial charge is 0.497 e. The lowest BCUT2D eigenvalue weighted by molar-refractivity contribution is -0.0571. The van der Waals surface area contributed by atoms with E-state index in [-0.39, 0.29) is 18.6 Å². The molecule has 0 spiro atoms. The zero-order valence-electron chi connectivity index (χ0n) is 17.0. The lowest BCUT2D eigenvalue weighted by Gasteiger charge is -2.34. The molecule has 3 aromatic carbocycles. The van der Waals surface area contributed by atoms with Gasteiger partial charge in [-0.15, -0.1) is 0 Å². The third kappa shape index (κ3) is 3.24. The number of rotatable bonds is 4. The minimum absolute atomic E-state index is 0.0117. The van der Waals surface area contributed by atoms with Gasteiger partial charge in [0, 0.05) is 18.7 Å². The number of nitrogens with zero attached hydrogens (tertiary/aromatic N) is 1. The zero-order valence-corrected chi connectivity index (χ0v) is 17.0. The molecule has 1 fully saturated rings. The van der Waals surface area contributed by atoms with Crippen molar-refractivity contribution in [2.24, 2.45) is 0 Å². The summed E-state index contributed by atoms with van der Waals surface area (Å²) in [6.45, 7) is 1.40. The second-order valence-electron chi connectivity index (χ2n) is 8.06. The molecule has 2 heterocycles. The topological polar surface area (TPSA) is 59.0 Å². The molecule has 2 aliphatic rings. The second-order valence-corrected chi connectivity index (χ2v) is 8.06. The monoisotopic (exact) mass is 403 g/mol. The molecule has 2 atom stereocenters. The molecule has 5 nitrogen and oxygen atoms in total. The molecule has 1 N–H and O–H groups in total. The van der Waals surface area contributed by atoms with Crippen LogP contribution in [0.3, 0.4) is 0 Å². The highest BCUT2D eigenvalue weighted by Crippen LogP contribution is 2.36. The van der Waals surface area contributed by atoms with Crippen LogP contribution in [-0.4, -0.2) is 48.4 Å². The van der Waals surface area contributed by atoms with Crippen molar-refractivity contribution in [3.8, 4) is 5.75 Å². The van der Waals surface area contributed by atoms with Crippen molar-refractivity contribution in [1.82, 2.24) is 4.90 Å². The molecular formula is C25H25NO4. The molecule has 0 aromatic heterocycles. The van der Waals surface area contributed by atoms with Crippen LogP contribution in [0, 0.1) is 0 Å². The molecule has 2 unspecified atom stereocenters. The van der Waals surface area contributed by atoms with Crippen molar-refractivity contribution in [3.63, 3.8) is 0 Å². The summed E-state index contributed by atoms with van der Waals surface area (Å²) in [5.41, 5.74) is 4.13. The molecule has 3 aromatic rings. The molecule has 1 saturated heterocycles.